The zero-order chi connectivity index (χ0) is 18.4. The van der Waals surface area contributed by atoms with Crippen molar-refractivity contribution in [1.29, 1.82) is 0 Å². The van der Waals surface area contributed by atoms with E-state index in [9.17, 15) is 9.90 Å². The molecule has 2 rings (SSSR count). The van der Waals surface area contributed by atoms with Crippen molar-refractivity contribution in [2.75, 3.05) is 0 Å². The molecular formula is C19H23Cl2NO2. The van der Waals surface area contributed by atoms with E-state index in [-0.39, 0.29) is 27.5 Å². The fourth-order valence-electron chi connectivity index (χ4n) is 2.63. The summed E-state index contributed by atoms with van der Waals surface area (Å²) in [6.07, 6.45) is 0. The Labute approximate surface area is 153 Å². The molecule has 2 aromatic rings. The highest BCUT2D eigenvalue weighted by Crippen LogP contribution is 2.40. The molecule has 0 atom stereocenters. The first-order valence-electron chi connectivity index (χ1n) is 7.79. The number of hydrogen-bond donors (Lipinski definition) is 2. The second-order valence-corrected chi connectivity index (χ2v) is 8.88. The van der Waals surface area contributed by atoms with Crippen LogP contribution in [0.3, 0.4) is 0 Å². The number of nitrogens with one attached hydrogen (secondary N) is 1. The van der Waals surface area contributed by atoms with Gasteiger partial charge in [0, 0.05) is 16.7 Å². The minimum absolute atomic E-state index is 0.215. The third-order valence-corrected chi connectivity index (χ3v) is 4.47. The lowest BCUT2D eigenvalue weighted by Gasteiger charge is -2.28. The molecule has 2 N–H and O–H groups in total. The smallest absolute Gasteiger partial charge is 0.196 e. The molecule has 1 aromatic carbocycles. The van der Waals surface area contributed by atoms with Gasteiger partial charge in [0.05, 0.1) is 5.56 Å². The van der Waals surface area contributed by atoms with Crippen molar-refractivity contribution in [3.05, 3.63) is 50.8 Å². The number of carbonyl (C=O) groups excluding carboxylic acids is 1. The van der Waals surface area contributed by atoms with Gasteiger partial charge in [-0.3, -0.25) is 4.79 Å². The van der Waals surface area contributed by atoms with Gasteiger partial charge in [-0.1, -0.05) is 64.7 Å². The third kappa shape index (κ3) is 3.62. The van der Waals surface area contributed by atoms with Crippen LogP contribution in [0.5, 0.6) is 5.75 Å². The number of carbonyl (C=O) groups is 1. The summed E-state index contributed by atoms with van der Waals surface area (Å²) in [5, 5.41) is 11.3. The number of aromatic hydroxyl groups is 1. The summed E-state index contributed by atoms with van der Waals surface area (Å²) < 4.78 is 0. The molecule has 0 amide bonds. The normalized spacial score (nSPS) is 12.5. The molecule has 5 heteroatoms. The molecule has 0 spiro atoms. The number of hydrogen-bond acceptors (Lipinski definition) is 2. The predicted octanol–water partition coefficient (Wildman–Crippen LogP) is 5.85. The van der Waals surface area contributed by atoms with Crippen LogP contribution in [-0.4, -0.2) is 15.9 Å². The minimum atomic E-state index is -0.306. The molecule has 0 aliphatic rings. The summed E-state index contributed by atoms with van der Waals surface area (Å²) in [6, 6.07) is 5.00. The van der Waals surface area contributed by atoms with Crippen LogP contribution >= 0.6 is 23.2 Å². The van der Waals surface area contributed by atoms with Gasteiger partial charge in [0.2, 0.25) is 0 Å². The topological polar surface area (TPSA) is 53.1 Å². The van der Waals surface area contributed by atoms with Crippen LogP contribution in [0, 0.1) is 0 Å². The Morgan fingerprint density at radius 3 is 1.75 bits per heavy atom. The average Bonchev–Trinajstić information content (AvgIpc) is 2.74. The van der Waals surface area contributed by atoms with Gasteiger partial charge in [-0.25, -0.2) is 0 Å². The van der Waals surface area contributed by atoms with Gasteiger partial charge in [-0.05, 0) is 29.0 Å². The predicted molar refractivity (Wildman–Crippen MR) is 99.8 cm³/mol. The summed E-state index contributed by atoms with van der Waals surface area (Å²) in [7, 11) is 0. The van der Waals surface area contributed by atoms with Gasteiger partial charge >= 0.3 is 0 Å². The minimum Gasteiger partial charge on any atom is -0.507 e. The Balaban J connectivity index is 2.71. The van der Waals surface area contributed by atoms with E-state index >= 15 is 0 Å². The Hall–Kier alpha value is -1.45. The number of halogens is 2. The van der Waals surface area contributed by atoms with Crippen molar-refractivity contribution < 1.29 is 9.90 Å². The monoisotopic (exact) mass is 367 g/mol. The second-order valence-electron chi connectivity index (χ2n) is 8.09. The zero-order valence-corrected chi connectivity index (χ0v) is 16.4. The lowest BCUT2D eigenvalue weighted by molar-refractivity contribution is 0.103. The summed E-state index contributed by atoms with van der Waals surface area (Å²) in [6.45, 7) is 12.0. The highest BCUT2D eigenvalue weighted by atomic mass is 35.5. The molecule has 0 saturated carbocycles. The number of aromatic nitrogens is 1. The molecule has 0 unspecified atom stereocenters. The van der Waals surface area contributed by atoms with E-state index in [1.807, 2.05) is 41.5 Å². The van der Waals surface area contributed by atoms with E-state index < -0.39 is 0 Å². The Morgan fingerprint density at radius 1 is 0.958 bits per heavy atom. The van der Waals surface area contributed by atoms with E-state index in [2.05, 4.69) is 4.98 Å². The van der Waals surface area contributed by atoms with Gasteiger partial charge in [0.15, 0.2) is 5.78 Å². The van der Waals surface area contributed by atoms with E-state index in [0.717, 1.165) is 11.1 Å². The highest BCUT2D eigenvalue weighted by Gasteiger charge is 2.28. The van der Waals surface area contributed by atoms with Gasteiger partial charge in [0.25, 0.3) is 0 Å². The lowest BCUT2D eigenvalue weighted by atomic mass is 9.78. The van der Waals surface area contributed by atoms with E-state index in [1.54, 1.807) is 12.1 Å². The molecule has 3 nitrogen and oxygen atoms in total. The van der Waals surface area contributed by atoms with Crippen LogP contribution in [0.4, 0.5) is 0 Å². The van der Waals surface area contributed by atoms with Crippen molar-refractivity contribution in [2.45, 2.75) is 52.4 Å². The van der Waals surface area contributed by atoms with Gasteiger partial charge < -0.3 is 10.1 Å². The van der Waals surface area contributed by atoms with Crippen molar-refractivity contribution in [3.8, 4) is 5.75 Å². The number of rotatable bonds is 2. The van der Waals surface area contributed by atoms with Crippen LogP contribution in [-0.2, 0) is 10.8 Å². The first kappa shape index (κ1) is 18.9. The maximum Gasteiger partial charge on any atom is 0.196 e. The third-order valence-electron chi connectivity index (χ3n) is 3.97. The standard InChI is InChI=1S/C19H23Cl2NO2/c1-18(2,3)12-7-10(8-13(16(12)24)19(4,5)6)15(23)11-9-14(20)22-17(11)21/h7-9,22,24H,1-6H3. The van der Waals surface area contributed by atoms with Gasteiger partial charge in [0.1, 0.15) is 16.1 Å². The number of benzene rings is 1. The van der Waals surface area contributed by atoms with Crippen LogP contribution in [0.25, 0.3) is 0 Å². The fraction of sp³-hybridized carbons (Fsp3) is 0.421. The Kier molecular flexibility index (Phi) is 4.82. The van der Waals surface area contributed by atoms with E-state index in [0.29, 0.717) is 16.3 Å². The van der Waals surface area contributed by atoms with Crippen LogP contribution in [0.1, 0.15) is 68.6 Å². The molecular weight excluding hydrogens is 345 g/mol. The van der Waals surface area contributed by atoms with Gasteiger partial charge in [-0.2, -0.15) is 0 Å². The average molecular weight is 368 g/mol. The number of phenolic OH excluding ortho intramolecular Hbond substituents is 1. The number of phenols is 1. The summed E-state index contributed by atoms with van der Waals surface area (Å²) >= 11 is 12.0. The molecule has 0 bridgehead atoms. The molecule has 0 saturated heterocycles. The quantitative estimate of drug-likeness (QED) is 0.653. The Morgan fingerprint density at radius 2 is 1.42 bits per heavy atom. The first-order chi connectivity index (χ1) is 10.8. The van der Waals surface area contributed by atoms with Crippen LogP contribution in [0.15, 0.2) is 18.2 Å². The maximum absolute atomic E-state index is 12.9. The van der Waals surface area contributed by atoms with Crippen molar-refractivity contribution >= 4 is 29.0 Å². The summed E-state index contributed by atoms with van der Waals surface area (Å²) in [4.78, 5) is 15.6. The SMILES string of the molecule is CC(C)(C)c1cc(C(=O)c2cc(Cl)[nH]c2Cl)cc(C(C)(C)C)c1O. The van der Waals surface area contributed by atoms with E-state index in [4.69, 9.17) is 23.2 Å². The largest absolute Gasteiger partial charge is 0.507 e. The van der Waals surface area contributed by atoms with Crippen molar-refractivity contribution in [1.82, 2.24) is 4.98 Å². The summed E-state index contributed by atoms with van der Waals surface area (Å²) in [5.74, 6) is 0.0175. The van der Waals surface area contributed by atoms with Crippen molar-refractivity contribution in [3.63, 3.8) is 0 Å². The molecule has 0 fully saturated rings. The van der Waals surface area contributed by atoms with Crippen LogP contribution < -0.4 is 0 Å². The second kappa shape index (κ2) is 6.12. The summed E-state index contributed by atoms with van der Waals surface area (Å²) in [5.41, 5.74) is 1.67. The Bertz CT molecular complexity index is 758. The highest BCUT2D eigenvalue weighted by molar-refractivity contribution is 6.36. The zero-order valence-electron chi connectivity index (χ0n) is 14.8. The molecule has 0 aliphatic carbocycles. The van der Waals surface area contributed by atoms with Gasteiger partial charge in [-0.15, -0.1) is 0 Å². The molecule has 130 valence electrons. The lowest BCUT2D eigenvalue weighted by Crippen LogP contribution is -2.19. The molecule has 0 aliphatic heterocycles. The maximum atomic E-state index is 12.9. The van der Waals surface area contributed by atoms with Crippen LogP contribution in [0.2, 0.25) is 10.3 Å². The first-order valence-corrected chi connectivity index (χ1v) is 8.54. The van der Waals surface area contributed by atoms with E-state index in [1.165, 1.54) is 6.07 Å². The molecule has 1 heterocycles. The van der Waals surface area contributed by atoms with Crippen molar-refractivity contribution in [2.24, 2.45) is 0 Å². The number of H-pyrrole nitrogens is 1. The molecule has 24 heavy (non-hydrogen) atoms. The molecule has 0 radical (unpaired) electrons. The number of aromatic amines is 1. The number of ketones is 1. The fourth-order valence-corrected chi connectivity index (χ4v) is 3.12. The molecule has 1 aromatic heterocycles.